The number of para-hydroxylation sites is 1. The van der Waals surface area contributed by atoms with Crippen LogP contribution in [0.5, 0.6) is 5.75 Å². The van der Waals surface area contributed by atoms with Gasteiger partial charge in [0, 0.05) is 10.9 Å². The standard InChI is InChI=1S/C11H11BrO3/c1-15-10-8(5-3-7-12)4-2-6-9(10)11(13)14/h2-6H,7H2,1H3,(H,13,14). The van der Waals surface area contributed by atoms with Gasteiger partial charge >= 0.3 is 5.97 Å². The highest BCUT2D eigenvalue weighted by atomic mass is 79.9. The average molecular weight is 271 g/mol. The number of hydrogen-bond acceptors (Lipinski definition) is 2. The Hall–Kier alpha value is -1.29. The molecule has 0 aliphatic rings. The number of carboxylic acid groups (broad SMARTS) is 1. The van der Waals surface area contributed by atoms with Crippen molar-refractivity contribution in [2.24, 2.45) is 0 Å². The maximum atomic E-state index is 10.9. The van der Waals surface area contributed by atoms with Crippen LogP contribution in [0, 0.1) is 0 Å². The van der Waals surface area contributed by atoms with E-state index in [4.69, 9.17) is 9.84 Å². The highest BCUT2D eigenvalue weighted by Crippen LogP contribution is 2.25. The van der Waals surface area contributed by atoms with E-state index in [1.54, 1.807) is 6.07 Å². The Labute approximate surface area is 96.5 Å². The van der Waals surface area contributed by atoms with Crippen LogP contribution in [0.1, 0.15) is 15.9 Å². The number of alkyl halides is 1. The Kier molecular flexibility index (Phi) is 4.37. The number of carboxylic acids is 1. The zero-order valence-electron chi connectivity index (χ0n) is 8.24. The van der Waals surface area contributed by atoms with E-state index >= 15 is 0 Å². The summed E-state index contributed by atoms with van der Waals surface area (Å²) < 4.78 is 5.09. The minimum atomic E-state index is -0.985. The molecule has 1 rings (SSSR count). The molecule has 0 saturated carbocycles. The number of benzene rings is 1. The molecule has 0 unspecified atom stereocenters. The maximum Gasteiger partial charge on any atom is 0.339 e. The van der Waals surface area contributed by atoms with Crippen molar-refractivity contribution in [2.45, 2.75) is 0 Å². The summed E-state index contributed by atoms with van der Waals surface area (Å²) in [6, 6.07) is 5.02. The van der Waals surface area contributed by atoms with Crippen molar-refractivity contribution in [1.82, 2.24) is 0 Å². The van der Waals surface area contributed by atoms with Crippen LogP contribution >= 0.6 is 15.9 Å². The van der Waals surface area contributed by atoms with Crippen LogP contribution in [0.2, 0.25) is 0 Å². The molecule has 1 aromatic carbocycles. The Morgan fingerprint density at radius 3 is 2.87 bits per heavy atom. The molecule has 3 nitrogen and oxygen atoms in total. The summed E-state index contributed by atoms with van der Waals surface area (Å²) in [7, 11) is 1.47. The zero-order valence-corrected chi connectivity index (χ0v) is 9.82. The third-order valence-corrected chi connectivity index (χ3v) is 2.24. The highest BCUT2D eigenvalue weighted by molar-refractivity contribution is 9.09. The Bertz CT molecular complexity index is 385. The molecular formula is C11H11BrO3. The van der Waals surface area contributed by atoms with E-state index in [0.29, 0.717) is 11.1 Å². The van der Waals surface area contributed by atoms with Crippen molar-refractivity contribution in [3.05, 3.63) is 35.4 Å². The molecule has 0 spiro atoms. The van der Waals surface area contributed by atoms with Crippen LogP contribution in [-0.4, -0.2) is 23.5 Å². The smallest absolute Gasteiger partial charge is 0.339 e. The van der Waals surface area contributed by atoms with Crippen LogP contribution in [0.15, 0.2) is 24.3 Å². The van der Waals surface area contributed by atoms with E-state index < -0.39 is 5.97 Å². The molecule has 80 valence electrons. The lowest BCUT2D eigenvalue weighted by Gasteiger charge is -2.07. The van der Waals surface area contributed by atoms with Crippen LogP contribution in [0.4, 0.5) is 0 Å². The minimum Gasteiger partial charge on any atom is -0.495 e. The summed E-state index contributed by atoms with van der Waals surface area (Å²) in [5.41, 5.74) is 0.936. The Morgan fingerprint density at radius 2 is 2.33 bits per heavy atom. The fraction of sp³-hybridized carbons (Fsp3) is 0.182. The summed E-state index contributed by atoms with van der Waals surface area (Å²) >= 11 is 3.26. The van der Waals surface area contributed by atoms with Crippen LogP contribution in [0.3, 0.4) is 0 Å². The fourth-order valence-corrected chi connectivity index (χ4v) is 1.44. The lowest BCUT2D eigenvalue weighted by Crippen LogP contribution is -2.01. The van der Waals surface area contributed by atoms with Crippen molar-refractivity contribution >= 4 is 28.0 Å². The first-order valence-electron chi connectivity index (χ1n) is 4.33. The Balaban J connectivity index is 3.22. The number of aromatic carboxylic acids is 1. The number of ether oxygens (including phenoxy) is 1. The first-order chi connectivity index (χ1) is 7.20. The SMILES string of the molecule is COc1c(C=CCBr)cccc1C(=O)O. The summed E-state index contributed by atoms with van der Waals surface area (Å²) in [6.07, 6.45) is 3.70. The van der Waals surface area contributed by atoms with Gasteiger partial charge in [-0.25, -0.2) is 4.79 Å². The first kappa shape index (κ1) is 11.8. The minimum absolute atomic E-state index is 0.175. The number of rotatable bonds is 4. The van der Waals surface area contributed by atoms with Gasteiger partial charge in [-0.2, -0.15) is 0 Å². The van der Waals surface area contributed by atoms with Crippen LogP contribution < -0.4 is 4.74 Å². The predicted molar refractivity (Wildman–Crippen MR) is 62.8 cm³/mol. The third kappa shape index (κ3) is 2.83. The normalized spacial score (nSPS) is 10.5. The van der Waals surface area contributed by atoms with E-state index in [1.807, 2.05) is 18.2 Å². The second-order valence-corrected chi connectivity index (χ2v) is 3.44. The monoisotopic (exact) mass is 270 g/mol. The lowest BCUT2D eigenvalue weighted by atomic mass is 10.1. The quantitative estimate of drug-likeness (QED) is 0.856. The molecule has 0 radical (unpaired) electrons. The highest BCUT2D eigenvalue weighted by Gasteiger charge is 2.12. The molecule has 1 N–H and O–H groups in total. The van der Waals surface area contributed by atoms with Crippen molar-refractivity contribution in [1.29, 1.82) is 0 Å². The molecule has 0 fully saturated rings. The molecule has 0 atom stereocenters. The van der Waals surface area contributed by atoms with E-state index in [0.717, 1.165) is 5.56 Å². The second kappa shape index (κ2) is 5.56. The predicted octanol–water partition coefficient (Wildman–Crippen LogP) is 2.80. The summed E-state index contributed by atoms with van der Waals surface area (Å²) in [5, 5.41) is 9.65. The molecule has 0 bridgehead atoms. The summed E-state index contributed by atoms with van der Waals surface area (Å²) in [6.45, 7) is 0. The molecule has 0 amide bonds. The topological polar surface area (TPSA) is 46.5 Å². The van der Waals surface area contributed by atoms with Crippen LogP contribution in [0.25, 0.3) is 6.08 Å². The van der Waals surface area contributed by atoms with Crippen molar-refractivity contribution in [3.63, 3.8) is 0 Å². The van der Waals surface area contributed by atoms with Crippen molar-refractivity contribution < 1.29 is 14.6 Å². The van der Waals surface area contributed by atoms with E-state index in [2.05, 4.69) is 15.9 Å². The van der Waals surface area contributed by atoms with Gasteiger partial charge in [0.2, 0.25) is 0 Å². The van der Waals surface area contributed by atoms with Gasteiger partial charge in [0.25, 0.3) is 0 Å². The largest absolute Gasteiger partial charge is 0.495 e. The van der Waals surface area contributed by atoms with Gasteiger partial charge in [-0.15, -0.1) is 0 Å². The molecule has 15 heavy (non-hydrogen) atoms. The van der Waals surface area contributed by atoms with Crippen molar-refractivity contribution in [3.8, 4) is 5.75 Å². The molecule has 4 heteroatoms. The van der Waals surface area contributed by atoms with Gasteiger partial charge in [-0.3, -0.25) is 0 Å². The van der Waals surface area contributed by atoms with E-state index in [-0.39, 0.29) is 5.56 Å². The van der Waals surface area contributed by atoms with Crippen LogP contribution in [-0.2, 0) is 0 Å². The number of carbonyl (C=O) groups is 1. The summed E-state index contributed by atoms with van der Waals surface area (Å²) in [5.74, 6) is -0.594. The van der Waals surface area contributed by atoms with Gasteiger partial charge in [0.05, 0.1) is 7.11 Å². The molecule has 0 heterocycles. The zero-order chi connectivity index (χ0) is 11.3. The molecule has 1 aromatic rings. The molecule has 0 saturated heterocycles. The van der Waals surface area contributed by atoms with Gasteiger partial charge < -0.3 is 9.84 Å². The molecule has 0 aliphatic heterocycles. The van der Waals surface area contributed by atoms with E-state index in [9.17, 15) is 4.79 Å². The third-order valence-electron chi connectivity index (χ3n) is 1.87. The average Bonchev–Trinajstić information content (AvgIpc) is 2.25. The van der Waals surface area contributed by atoms with E-state index in [1.165, 1.54) is 13.2 Å². The first-order valence-corrected chi connectivity index (χ1v) is 5.45. The van der Waals surface area contributed by atoms with Gasteiger partial charge in [-0.1, -0.05) is 40.2 Å². The second-order valence-electron chi connectivity index (χ2n) is 2.79. The van der Waals surface area contributed by atoms with Crippen molar-refractivity contribution in [2.75, 3.05) is 12.4 Å². The molecule has 0 aromatic heterocycles. The van der Waals surface area contributed by atoms with Gasteiger partial charge in [0.1, 0.15) is 11.3 Å². The number of halogens is 1. The number of hydrogen-bond donors (Lipinski definition) is 1. The molecular weight excluding hydrogens is 260 g/mol. The maximum absolute atomic E-state index is 10.9. The Morgan fingerprint density at radius 1 is 1.60 bits per heavy atom. The number of methoxy groups -OCH3 is 1. The number of allylic oxidation sites excluding steroid dienone is 1. The molecule has 0 aliphatic carbocycles. The fourth-order valence-electron chi connectivity index (χ4n) is 1.25. The summed E-state index contributed by atoms with van der Waals surface area (Å²) in [4.78, 5) is 10.9. The van der Waals surface area contributed by atoms with Gasteiger partial charge in [0.15, 0.2) is 0 Å². The van der Waals surface area contributed by atoms with Gasteiger partial charge in [-0.05, 0) is 6.07 Å². The lowest BCUT2D eigenvalue weighted by molar-refractivity contribution is 0.0693.